The van der Waals surface area contributed by atoms with Crippen LogP contribution in [0.15, 0.2) is 10.2 Å². The quantitative estimate of drug-likeness (QED) is 0.702. The standard InChI is InChI=1S/C15H22N4O2/c1-2-3-6-15(16-17-15)7-10-18-8-4-13(5-9-18)19-11-12-21-14(19)20/h1,13H,3-12H2. The van der Waals surface area contributed by atoms with E-state index >= 15 is 0 Å². The van der Waals surface area contributed by atoms with E-state index < -0.39 is 0 Å². The maximum absolute atomic E-state index is 11.6. The van der Waals surface area contributed by atoms with Gasteiger partial charge in [-0.1, -0.05) is 0 Å². The maximum Gasteiger partial charge on any atom is 0.410 e. The Bertz CT molecular complexity index is 457. The number of terminal acetylenes is 1. The van der Waals surface area contributed by atoms with Gasteiger partial charge in [-0.2, -0.15) is 10.2 Å². The van der Waals surface area contributed by atoms with Crippen LogP contribution in [0.2, 0.25) is 0 Å². The average molecular weight is 290 g/mol. The average Bonchev–Trinajstić information content (AvgIpc) is 3.16. The van der Waals surface area contributed by atoms with E-state index in [1.54, 1.807) is 0 Å². The summed E-state index contributed by atoms with van der Waals surface area (Å²) >= 11 is 0. The minimum atomic E-state index is -0.179. The van der Waals surface area contributed by atoms with Crippen molar-refractivity contribution in [2.45, 2.75) is 43.8 Å². The summed E-state index contributed by atoms with van der Waals surface area (Å²) in [6.45, 7) is 4.35. The topological polar surface area (TPSA) is 57.5 Å². The molecule has 0 bridgehead atoms. The first-order valence-corrected chi connectivity index (χ1v) is 7.76. The molecule has 2 fully saturated rings. The Kier molecular flexibility index (Phi) is 4.11. The number of hydrogen-bond acceptors (Lipinski definition) is 5. The lowest BCUT2D eigenvalue weighted by molar-refractivity contribution is 0.115. The van der Waals surface area contributed by atoms with Gasteiger partial charge in [-0.25, -0.2) is 4.79 Å². The molecule has 0 unspecified atom stereocenters. The molecule has 3 heterocycles. The Morgan fingerprint density at radius 2 is 2.05 bits per heavy atom. The molecule has 3 rings (SSSR count). The summed E-state index contributed by atoms with van der Waals surface area (Å²) in [6.07, 6.45) is 9.80. The van der Waals surface area contributed by atoms with Crippen LogP contribution >= 0.6 is 0 Å². The van der Waals surface area contributed by atoms with Crippen LogP contribution in [0.1, 0.15) is 32.1 Å². The Morgan fingerprint density at radius 1 is 1.29 bits per heavy atom. The molecule has 0 aliphatic carbocycles. The van der Waals surface area contributed by atoms with Gasteiger partial charge in [-0.15, -0.1) is 12.3 Å². The molecule has 6 nitrogen and oxygen atoms in total. The van der Waals surface area contributed by atoms with Crippen molar-refractivity contribution in [2.75, 3.05) is 32.8 Å². The van der Waals surface area contributed by atoms with Gasteiger partial charge in [0.1, 0.15) is 6.61 Å². The van der Waals surface area contributed by atoms with Crippen molar-refractivity contribution in [1.82, 2.24) is 9.80 Å². The summed E-state index contributed by atoms with van der Waals surface area (Å²) in [5, 5.41) is 8.35. The van der Waals surface area contributed by atoms with Crippen LogP contribution in [0.4, 0.5) is 4.79 Å². The monoisotopic (exact) mass is 290 g/mol. The summed E-state index contributed by atoms with van der Waals surface area (Å²) < 4.78 is 5.02. The van der Waals surface area contributed by atoms with E-state index in [2.05, 4.69) is 21.0 Å². The molecule has 6 heteroatoms. The Labute approximate surface area is 125 Å². The first-order chi connectivity index (χ1) is 10.2. The van der Waals surface area contributed by atoms with Crippen LogP contribution in [0, 0.1) is 12.3 Å². The summed E-state index contributed by atoms with van der Waals surface area (Å²) in [5.74, 6) is 2.66. The predicted octanol–water partition coefficient (Wildman–Crippen LogP) is 1.87. The molecule has 0 aromatic carbocycles. The lowest BCUT2D eigenvalue weighted by atomic mass is 10.0. The Hall–Kier alpha value is -1.61. The van der Waals surface area contributed by atoms with Crippen molar-refractivity contribution in [2.24, 2.45) is 10.2 Å². The highest BCUT2D eigenvalue weighted by Crippen LogP contribution is 2.36. The Morgan fingerprint density at radius 3 is 2.62 bits per heavy atom. The van der Waals surface area contributed by atoms with E-state index in [0.29, 0.717) is 12.6 Å². The van der Waals surface area contributed by atoms with E-state index in [-0.39, 0.29) is 11.8 Å². The second kappa shape index (κ2) is 6.02. The molecule has 0 atom stereocenters. The first-order valence-electron chi connectivity index (χ1n) is 7.76. The number of carbonyl (C=O) groups is 1. The van der Waals surface area contributed by atoms with Gasteiger partial charge >= 0.3 is 6.09 Å². The number of piperidine rings is 1. The highest BCUT2D eigenvalue weighted by Gasteiger charge is 2.39. The molecule has 0 radical (unpaired) electrons. The molecule has 0 N–H and O–H groups in total. The van der Waals surface area contributed by atoms with E-state index in [9.17, 15) is 4.79 Å². The highest BCUT2D eigenvalue weighted by molar-refractivity contribution is 5.69. The van der Waals surface area contributed by atoms with Gasteiger partial charge in [-0.3, -0.25) is 0 Å². The third kappa shape index (κ3) is 3.35. The molecule has 3 aliphatic heterocycles. The van der Waals surface area contributed by atoms with E-state index in [0.717, 1.165) is 58.3 Å². The highest BCUT2D eigenvalue weighted by atomic mass is 16.6. The summed E-state index contributed by atoms with van der Waals surface area (Å²) in [4.78, 5) is 15.9. The van der Waals surface area contributed by atoms with Crippen molar-refractivity contribution in [3.05, 3.63) is 0 Å². The van der Waals surface area contributed by atoms with Crippen LogP contribution in [0.25, 0.3) is 0 Å². The van der Waals surface area contributed by atoms with Crippen LogP contribution in [-0.4, -0.2) is 60.4 Å². The second-order valence-corrected chi connectivity index (χ2v) is 6.02. The van der Waals surface area contributed by atoms with Gasteiger partial charge < -0.3 is 14.5 Å². The number of carbonyl (C=O) groups excluding carboxylic acids is 1. The second-order valence-electron chi connectivity index (χ2n) is 6.02. The molecule has 21 heavy (non-hydrogen) atoms. The van der Waals surface area contributed by atoms with Gasteiger partial charge in [0.25, 0.3) is 0 Å². The number of nitrogens with zero attached hydrogens (tertiary/aromatic N) is 4. The number of ether oxygens (including phenoxy) is 1. The zero-order chi connectivity index (χ0) is 14.7. The van der Waals surface area contributed by atoms with Crippen LogP contribution < -0.4 is 0 Å². The molecular formula is C15H22N4O2. The minimum absolute atomic E-state index is 0.141. The van der Waals surface area contributed by atoms with Crippen molar-refractivity contribution >= 4 is 6.09 Å². The molecule has 3 aliphatic rings. The number of amides is 1. The van der Waals surface area contributed by atoms with Gasteiger partial charge in [0, 0.05) is 44.9 Å². The largest absolute Gasteiger partial charge is 0.448 e. The summed E-state index contributed by atoms with van der Waals surface area (Å²) in [6, 6.07) is 0.349. The SMILES string of the molecule is C#CCCC1(CCN2CCC(N3CCOC3=O)CC2)N=N1. The molecule has 2 saturated heterocycles. The number of rotatable bonds is 6. The van der Waals surface area contributed by atoms with Crippen molar-refractivity contribution < 1.29 is 9.53 Å². The fraction of sp³-hybridized carbons (Fsp3) is 0.800. The zero-order valence-corrected chi connectivity index (χ0v) is 12.3. The van der Waals surface area contributed by atoms with Gasteiger partial charge in [0.15, 0.2) is 5.66 Å². The maximum atomic E-state index is 11.6. The lowest BCUT2D eigenvalue weighted by Gasteiger charge is -2.35. The molecule has 1 amide bonds. The van der Waals surface area contributed by atoms with Gasteiger partial charge in [0.05, 0.1) is 6.54 Å². The summed E-state index contributed by atoms with van der Waals surface area (Å²) in [7, 11) is 0. The third-order valence-electron chi connectivity index (χ3n) is 4.67. The molecular weight excluding hydrogens is 268 g/mol. The molecule has 0 saturated carbocycles. The first kappa shape index (κ1) is 14.3. The molecule has 0 aromatic heterocycles. The van der Waals surface area contributed by atoms with Crippen LogP contribution in [0.5, 0.6) is 0 Å². The number of hydrogen-bond donors (Lipinski definition) is 0. The van der Waals surface area contributed by atoms with Crippen molar-refractivity contribution in [3.8, 4) is 12.3 Å². The van der Waals surface area contributed by atoms with Gasteiger partial charge in [0.2, 0.25) is 0 Å². The fourth-order valence-corrected chi connectivity index (χ4v) is 3.20. The minimum Gasteiger partial charge on any atom is -0.448 e. The summed E-state index contributed by atoms with van der Waals surface area (Å²) in [5.41, 5.74) is -0.179. The van der Waals surface area contributed by atoms with E-state index in [4.69, 9.17) is 11.2 Å². The predicted molar refractivity (Wildman–Crippen MR) is 77.8 cm³/mol. The Balaban J connectivity index is 1.38. The third-order valence-corrected chi connectivity index (χ3v) is 4.67. The normalized spacial score (nSPS) is 24.9. The molecule has 114 valence electrons. The van der Waals surface area contributed by atoms with Gasteiger partial charge in [-0.05, 0) is 12.8 Å². The molecule has 0 spiro atoms. The van der Waals surface area contributed by atoms with E-state index in [1.165, 1.54) is 0 Å². The lowest BCUT2D eigenvalue weighted by Crippen LogP contribution is -2.45. The smallest absolute Gasteiger partial charge is 0.410 e. The van der Waals surface area contributed by atoms with Crippen LogP contribution in [0.3, 0.4) is 0 Å². The number of cyclic esters (lactones) is 1. The molecule has 0 aromatic rings. The zero-order valence-electron chi connectivity index (χ0n) is 12.3. The van der Waals surface area contributed by atoms with Crippen molar-refractivity contribution in [1.29, 1.82) is 0 Å². The fourth-order valence-electron chi connectivity index (χ4n) is 3.20. The van der Waals surface area contributed by atoms with Crippen molar-refractivity contribution in [3.63, 3.8) is 0 Å². The van der Waals surface area contributed by atoms with E-state index in [1.807, 2.05) is 4.90 Å². The number of likely N-dealkylation sites (tertiary alicyclic amines) is 1. The van der Waals surface area contributed by atoms with Crippen LogP contribution in [-0.2, 0) is 4.74 Å².